The van der Waals surface area contributed by atoms with Crippen molar-refractivity contribution in [1.82, 2.24) is 10.2 Å². The van der Waals surface area contributed by atoms with Crippen molar-refractivity contribution in [1.29, 1.82) is 0 Å². The van der Waals surface area contributed by atoms with E-state index in [4.69, 9.17) is 0 Å². The first-order chi connectivity index (χ1) is 8.32. The number of hydrogen-bond donors (Lipinski definition) is 1. The van der Waals surface area contributed by atoms with Crippen LogP contribution < -0.4 is 5.32 Å². The van der Waals surface area contributed by atoms with Crippen molar-refractivity contribution in [3.8, 4) is 0 Å². The van der Waals surface area contributed by atoms with Crippen LogP contribution in [0, 0.1) is 11.3 Å². The van der Waals surface area contributed by atoms with Crippen LogP contribution in [0.2, 0.25) is 0 Å². The van der Waals surface area contributed by atoms with Gasteiger partial charge in [-0.15, -0.1) is 0 Å². The lowest BCUT2D eigenvalue weighted by atomic mass is 9.70. The lowest BCUT2D eigenvalue weighted by Gasteiger charge is -2.39. The summed E-state index contributed by atoms with van der Waals surface area (Å²) in [5, 5.41) is 3.78. The normalized spacial score (nSPS) is 28.0. The molecule has 0 radical (unpaired) electrons. The quantitative estimate of drug-likeness (QED) is 0.730. The molecule has 0 aromatic rings. The molecule has 108 valence electrons. The summed E-state index contributed by atoms with van der Waals surface area (Å²) in [4.78, 5) is 2.43. The summed E-state index contributed by atoms with van der Waals surface area (Å²) >= 11 is 0. The maximum Gasteiger partial charge on any atom is 0.00931 e. The molecular formula is C16H34N2. The maximum atomic E-state index is 3.78. The molecule has 1 fully saturated rings. The Morgan fingerprint density at radius 2 is 2.00 bits per heavy atom. The van der Waals surface area contributed by atoms with Gasteiger partial charge in [0.05, 0.1) is 0 Å². The van der Waals surface area contributed by atoms with Crippen LogP contribution in [0.3, 0.4) is 0 Å². The molecule has 0 aromatic carbocycles. The molecule has 0 amide bonds. The third-order valence-electron chi connectivity index (χ3n) is 4.67. The minimum Gasteiger partial charge on any atom is -0.314 e. The van der Waals surface area contributed by atoms with Crippen molar-refractivity contribution in [2.75, 3.05) is 20.1 Å². The van der Waals surface area contributed by atoms with Crippen LogP contribution in [0.15, 0.2) is 0 Å². The first-order valence-corrected chi connectivity index (χ1v) is 7.75. The summed E-state index contributed by atoms with van der Waals surface area (Å²) in [5.41, 5.74) is 0.565. The SMILES string of the molecule is CC1CC(C)(C)CCC1NCCCN(C)C(C)C. The predicted octanol–water partition coefficient (Wildman–Crippen LogP) is 3.52. The van der Waals surface area contributed by atoms with Gasteiger partial charge in [0.15, 0.2) is 0 Å². The smallest absolute Gasteiger partial charge is 0.00931 e. The van der Waals surface area contributed by atoms with Gasteiger partial charge in [-0.3, -0.25) is 0 Å². The van der Waals surface area contributed by atoms with Crippen LogP contribution in [-0.4, -0.2) is 37.1 Å². The Balaban J connectivity index is 2.17. The van der Waals surface area contributed by atoms with Gasteiger partial charge in [0.25, 0.3) is 0 Å². The van der Waals surface area contributed by atoms with Gasteiger partial charge in [0, 0.05) is 12.1 Å². The Labute approximate surface area is 115 Å². The van der Waals surface area contributed by atoms with Crippen LogP contribution in [0.1, 0.15) is 60.3 Å². The van der Waals surface area contributed by atoms with Crippen LogP contribution in [-0.2, 0) is 0 Å². The van der Waals surface area contributed by atoms with Gasteiger partial charge in [0.1, 0.15) is 0 Å². The molecule has 1 N–H and O–H groups in total. The molecule has 0 heterocycles. The molecule has 0 aliphatic heterocycles. The Bertz CT molecular complexity index is 235. The average molecular weight is 254 g/mol. The third kappa shape index (κ3) is 5.27. The summed E-state index contributed by atoms with van der Waals surface area (Å²) in [7, 11) is 2.22. The zero-order valence-corrected chi connectivity index (χ0v) is 13.4. The largest absolute Gasteiger partial charge is 0.314 e. The monoisotopic (exact) mass is 254 g/mol. The zero-order chi connectivity index (χ0) is 13.8. The lowest BCUT2D eigenvalue weighted by molar-refractivity contribution is 0.148. The fourth-order valence-electron chi connectivity index (χ4n) is 3.12. The van der Waals surface area contributed by atoms with E-state index in [1.165, 1.54) is 38.8 Å². The molecule has 2 atom stereocenters. The Hall–Kier alpha value is -0.0800. The van der Waals surface area contributed by atoms with E-state index in [1.54, 1.807) is 0 Å². The van der Waals surface area contributed by atoms with Gasteiger partial charge in [-0.1, -0.05) is 20.8 Å². The van der Waals surface area contributed by atoms with Crippen molar-refractivity contribution < 1.29 is 0 Å². The molecule has 2 heteroatoms. The van der Waals surface area contributed by atoms with E-state index in [2.05, 4.69) is 51.9 Å². The second-order valence-corrected chi connectivity index (χ2v) is 7.37. The second kappa shape index (κ2) is 6.91. The van der Waals surface area contributed by atoms with E-state index >= 15 is 0 Å². The minimum absolute atomic E-state index is 0.565. The summed E-state index contributed by atoms with van der Waals surface area (Å²) in [5.74, 6) is 0.830. The van der Waals surface area contributed by atoms with Crippen LogP contribution in [0.4, 0.5) is 0 Å². The molecule has 0 saturated heterocycles. The van der Waals surface area contributed by atoms with Crippen molar-refractivity contribution in [2.24, 2.45) is 11.3 Å². The molecule has 0 aromatic heterocycles. The summed E-state index contributed by atoms with van der Waals surface area (Å²) in [6, 6.07) is 1.42. The van der Waals surface area contributed by atoms with Crippen LogP contribution in [0.5, 0.6) is 0 Å². The maximum absolute atomic E-state index is 3.78. The van der Waals surface area contributed by atoms with Gasteiger partial charge in [0.2, 0.25) is 0 Å². The van der Waals surface area contributed by atoms with Gasteiger partial charge in [-0.05, 0) is 71.0 Å². The van der Waals surface area contributed by atoms with Crippen molar-refractivity contribution in [3.05, 3.63) is 0 Å². The molecule has 0 spiro atoms. The highest BCUT2D eigenvalue weighted by Crippen LogP contribution is 2.38. The summed E-state index contributed by atoms with van der Waals surface area (Å²) in [6.07, 6.45) is 5.37. The second-order valence-electron chi connectivity index (χ2n) is 7.37. The third-order valence-corrected chi connectivity index (χ3v) is 4.67. The number of nitrogens with one attached hydrogen (secondary N) is 1. The molecule has 2 nitrogen and oxygen atoms in total. The minimum atomic E-state index is 0.565. The van der Waals surface area contributed by atoms with E-state index < -0.39 is 0 Å². The molecule has 18 heavy (non-hydrogen) atoms. The zero-order valence-electron chi connectivity index (χ0n) is 13.4. The highest BCUT2D eigenvalue weighted by Gasteiger charge is 2.31. The molecule has 1 saturated carbocycles. The van der Waals surface area contributed by atoms with Gasteiger partial charge >= 0.3 is 0 Å². The van der Waals surface area contributed by atoms with Crippen molar-refractivity contribution in [2.45, 2.75) is 72.4 Å². The highest BCUT2D eigenvalue weighted by molar-refractivity contribution is 4.86. The summed E-state index contributed by atoms with van der Waals surface area (Å²) in [6.45, 7) is 14.1. The molecule has 1 rings (SSSR count). The highest BCUT2D eigenvalue weighted by atomic mass is 15.1. The summed E-state index contributed by atoms with van der Waals surface area (Å²) < 4.78 is 0. The van der Waals surface area contributed by atoms with Gasteiger partial charge in [-0.25, -0.2) is 0 Å². The first-order valence-electron chi connectivity index (χ1n) is 7.75. The molecule has 0 bridgehead atoms. The molecule has 1 aliphatic rings. The van der Waals surface area contributed by atoms with Crippen molar-refractivity contribution >= 4 is 0 Å². The van der Waals surface area contributed by atoms with Crippen molar-refractivity contribution in [3.63, 3.8) is 0 Å². The van der Waals surface area contributed by atoms with Gasteiger partial charge in [-0.2, -0.15) is 0 Å². The Morgan fingerprint density at radius 1 is 1.33 bits per heavy atom. The van der Waals surface area contributed by atoms with Crippen LogP contribution >= 0.6 is 0 Å². The first kappa shape index (κ1) is 16.0. The van der Waals surface area contributed by atoms with Gasteiger partial charge < -0.3 is 10.2 Å². The fraction of sp³-hybridized carbons (Fsp3) is 1.00. The number of rotatable bonds is 6. The lowest BCUT2D eigenvalue weighted by Crippen LogP contribution is -2.42. The molecular weight excluding hydrogens is 220 g/mol. The number of nitrogens with zero attached hydrogens (tertiary/aromatic N) is 1. The standard InChI is InChI=1S/C16H34N2/c1-13(2)18(6)11-7-10-17-15-8-9-16(4,5)12-14(15)3/h13-15,17H,7-12H2,1-6H3. The molecule has 1 aliphatic carbocycles. The molecule has 2 unspecified atom stereocenters. The van der Waals surface area contributed by atoms with E-state index in [-0.39, 0.29) is 0 Å². The topological polar surface area (TPSA) is 15.3 Å². The fourth-order valence-corrected chi connectivity index (χ4v) is 3.12. The number of hydrogen-bond acceptors (Lipinski definition) is 2. The Morgan fingerprint density at radius 3 is 2.56 bits per heavy atom. The predicted molar refractivity (Wildman–Crippen MR) is 81.0 cm³/mol. The average Bonchev–Trinajstić information content (AvgIpc) is 2.25. The van der Waals surface area contributed by atoms with E-state index in [9.17, 15) is 0 Å². The van der Waals surface area contributed by atoms with Crippen LogP contribution in [0.25, 0.3) is 0 Å². The van der Waals surface area contributed by atoms with E-state index in [0.29, 0.717) is 11.5 Å². The van der Waals surface area contributed by atoms with E-state index in [0.717, 1.165) is 12.0 Å². The Kier molecular flexibility index (Phi) is 6.13. The van der Waals surface area contributed by atoms with E-state index in [1.807, 2.05) is 0 Å².